The van der Waals surface area contributed by atoms with Gasteiger partial charge in [0.25, 0.3) is 0 Å². The molecule has 0 unspecified atom stereocenters. The first-order chi connectivity index (χ1) is 17.0. The van der Waals surface area contributed by atoms with E-state index in [9.17, 15) is 14.0 Å². The van der Waals surface area contributed by atoms with Gasteiger partial charge in [-0.15, -0.1) is 0 Å². The molecule has 7 heteroatoms. The average molecular weight is 472 g/mol. The number of halogens is 1. The van der Waals surface area contributed by atoms with Crippen LogP contribution in [-0.4, -0.2) is 47.8 Å². The molecule has 0 atom stereocenters. The van der Waals surface area contributed by atoms with E-state index < -0.39 is 0 Å². The van der Waals surface area contributed by atoms with Crippen molar-refractivity contribution in [2.75, 3.05) is 31.1 Å². The van der Waals surface area contributed by atoms with Gasteiger partial charge in [-0.05, 0) is 36.2 Å². The number of furan rings is 1. The van der Waals surface area contributed by atoms with E-state index in [0.29, 0.717) is 43.1 Å². The fourth-order valence-corrected chi connectivity index (χ4v) is 4.52. The number of benzene rings is 2. The standard InChI is InChI=1S/C28H26FN3O3/c1-19-22-7-3-5-9-25(22)35-28(19)24(33)16-20-10-11-26(30-18-20)31-12-14-32(15-13-31)27(34)17-21-6-2-4-8-23(21)29/h2-11,18H,12-17H2,1H3. The quantitative estimate of drug-likeness (QED) is 0.385. The molecule has 1 amide bonds. The van der Waals surface area contributed by atoms with Crippen molar-refractivity contribution in [3.8, 4) is 0 Å². The van der Waals surface area contributed by atoms with Crippen LogP contribution >= 0.6 is 0 Å². The Bertz CT molecular complexity index is 1370. The average Bonchev–Trinajstić information content (AvgIpc) is 3.23. The number of hydrogen-bond acceptors (Lipinski definition) is 5. The molecule has 0 spiro atoms. The van der Waals surface area contributed by atoms with E-state index in [0.717, 1.165) is 22.3 Å². The molecule has 35 heavy (non-hydrogen) atoms. The van der Waals surface area contributed by atoms with Gasteiger partial charge in [0.2, 0.25) is 11.7 Å². The Morgan fingerprint density at radius 3 is 2.40 bits per heavy atom. The van der Waals surface area contributed by atoms with E-state index in [-0.39, 0.29) is 30.3 Å². The molecule has 0 aliphatic carbocycles. The molecule has 178 valence electrons. The molecular weight excluding hydrogens is 445 g/mol. The van der Waals surface area contributed by atoms with Gasteiger partial charge in [0.05, 0.1) is 6.42 Å². The number of carbonyl (C=O) groups is 2. The molecule has 1 fully saturated rings. The molecule has 3 heterocycles. The van der Waals surface area contributed by atoms with Crippen LogP contribution < -0.4 is 4.90 Å². The van der Waals surface area contributed by atoms with Crippen LogP contribution in [0.15, 0.2) is 71.3 Å². The van der Waals surface area contributed by atoms with Crippen molar-refractivity contribution in [1.29, 1.82) is 0 Å². The van der Waals surface area contributed by atoms with E-state index in [4.69, 9.17) is 4.42 Å². The molecule has 5 rings (SSSR count). The Morgan fingerprint density at radius 1 is 0.943 bits per heavy atom. The largest absolute Gasteiger partial charge is 0.453 e. The van der Waals surface area contributed by atoms with Gasteiger partial charge in [-0.2, -0.15) is 0 Å². The Labute approximate surface area is 203 Å². The lowest BCUT2D eigenvalue weighted by Crippen LogP contribution is -2.49. The van der Waals surface area contributed by atoms with Crippen molar-refractivity contribution >= 4 is 28.5 Å². The zero-order valence-electron chi connectivity index (χ0n) is 19.5. The first kappa shape index (κ1) is 22.8. The molecule has 6 nitrogen and oxygen atoms in total. The normalized spacial score (nSPS) is 13.9. The summed E-state index contributed by atoms with van der Waals surface area (Å²) in [6.45, 7) is 4.31. The van der Waals surface area contributed by atoms with Crippen molar-refractivity contribution in [2.24, 2.45) is 0 Å². The van der Waals surface area contributed by atoms with E-state index in [1.54, 1.807) is 29.3 Å². The number of fused-ring (bicyclic) bond motifs is 1. The number of pyridine rings is 1. The van der Waals surface area contributed by atoms with Gasteiger partial charge in [0.15, 0.2) is 5.76 Å². The number of rotatable bonds is 6. The molecule has 1 aliphatic heterocycles. The Hall–Kier alpha value is -4.00. The summed E-state index contributed by atoms with van der Waals surface area (Å²) in [5.41, 5.74) is 2.81. The third-order valence-corrected chi connectivity index (χ3v) is 6.53. The molecule has 2 aromatic carbocycles. The molecular formula is C28H26FN3O3. The highest BCUT2D eigenvalue weighted by Crippen LogP contribution is 2.26. The predicted octanol–water partition coefficient (Wildman–Crippen LogP) is 4.59. The summed E-state index contributed by atoms with van der Waals surface area (Å²) in [7, 11) is 0. The van der Waals surface area contributed by atoms with E-state index >= 15 is 0 Å². The molecule has 1 aliphatic rings. The van der Waals surface area contributed by atoms with Gasteiger partial charge in [0, 0.05) is 49.7 Å². The lowest BCUT2D eigenvalue weighted by atomic mass is 10.1. The number of para-hydroxylation sites is 1. The summed E-state index contributed by atoms with van der Waals surface area (Å²) >= 11 is 0. The molecule has 0 saturated carbocycles. The van der Waals surface area contributed by atoms with Crippen LogP contribution in [0.25, 0.3) is 11.0 Å². The number of aromatic nitrogens is 1. The van der Waals surface area contributed by atoms with Crippen LogP contribution in [0.2, 0.25) is 0 Å². The van der Waals surface area contributed by atoms with Gasteiger partial charge >= 0.3 is 0 Å². The summed E-state index contributed by atoms with van der Waals surface area (Å²) in [6.07, 6.45) is 2.01. The van der Waals surface area contributed by atoms with Gasteiger partial charge in [-0.1, -0.05) is 42.5 Å². The van der Waals surface area contributed by atoms with Crippen molar-refractivity contribution < 1.29 is 18.4 Å². The highest BCUT2D eigenvalue weighted by atomic mass is 19.1. The second kappa shape index (κ2) is 9.70. The van der Waals surface area contributed by atoms with E-state index in [2.05, 4.69) is 9.88 Å². The molecule has 0 radical (unpaired) electrons. The fraction of sp³-hybridized carbons (Fsp3) is 0.250. The Balaban J connectivity index is 1.17. The number of ketones is 1. The van der Waals surface area contributed by atoms with Gasteiger partial charge in [-0.25, -0.2) is 9.37 Å². The summed E-state index contributed by atoms with van der Waals surface area (Å²) < 4.78 is 19.7. The topological polar surface area (TPSA) is 66.7 Å². The van der Waals surface area contributed by atoms with Crippen LogP contribution in [0.4, 0.5) is 10.2 Å². The van der Waals surface area contributed by atoms with Gasteiger partial charge in [0.1, 0.15) is 17.2 Å². The van der Waals surface area contributed by atoms with Crippen molar-refractivity contribution in [2.45, 2.75) is 19.8 Å². The molecule has 0 N–H and O–H groups in total. The highest BCUT2D eigenvalue weighted by molar-refractivity contribution is 6.01. The Morgan fingerprint density at radius 2 is 1.69 bits per heavy atom. The number of nitrogens with zero attached hydrogens (tertiary/aromatic N) is 3. The first-order valence-corrected chi connectivity index (χ1v) is 11.7. The predicted molar refractivity (Wildman–Crippen MR) is 132 cm³/mol. The number of anilines is 1. The number of Topliss-reactive ketones (excluding diaryl/α,β-unsaturated/α-hetero) is 1. The maximum absolute atomic E-state index is 13.9. The third kappa shape index (κ3) is 4.80. The number of hydrogen-bond donors (Lipinski definition) is 0. The zero-order valence-corrected chi connectivity index (χ0v) is 19.5. The number of aryl methyl sites for hydroxylation is 1. The van der Waals surface area contributed by atoms with Crippen LogP contribution in [-0.2, 0) is 17.6 Å². The van der Waals surface area contributed by atoms with Crippen molar-refractivity contribution in [3.63, 3.8) is 0 Å². The minimum atomic E-state index is -0.349. The van der Waals surface area contributed by atoms with E-state index in [1.165, 1.54) is 6.07 Å². The fourth-order valence-electron chi connectivity index (χ4n) is 4.52. The molecule has 4 aromatic rings. The summed E-state index contributed by atoms with van der Waals surface area (Å²) in [5, 5.41) is 0.954. The van der Waals surface area contributed by atoms with Crippen LogP contribution in [0.5, 0.6) is 0 Å². The highest BCUT2D eigenvalue weighted by Gasteiger charge is 2.23. The van der Waals surface area contributed by atoms with Crippen molar-refractivity contribution in [3.05, 3.63) is 95.1 Å². The monoisotopic (exact) mass is 471 g/mol. The van der Waals surface area contributed by atoms with Gasteiger partial charge < -0.3 is 14.2 Å². The van der Waals surface area contributed by atoms with Crippen molar-refractivity contribution in [1.82, 2.24) is 9.88 Å². The maximum atomic E-state index is 13.9. The SMILES string of the molecule is Cc1c(C(=O)Cc2ccc(N3CCN(C(=O)Cc4ccccc4F)CC3)nc2)oc2ccccc12. The smallest absolute Gasteiger partial charge is 0.227 e. The lowest BCUT2D eigenvalue weighted by molar-refractivity contribution is -0.130. The molecule has 2 aromatic heterocycles. The number of amides is 1. The Kier molecular flexibility index (Phi) is 6.31. The maximum Gasteiger partial charge on any atom is 0.227 e. The minimum Gasteiger partial charge on any atom is -0.453 e. The van der Waals surface area contributed by atoms with Crippen LogP contribution in [0, 0.1) is 12.7 Å². The first-order valence-electron chi connectivity index (χ1n) is 11.7. The molecule has 0 bridgehead atoms. The summed E-state index contributed by atoms with van der Waals surface area (Å²) in [6, 6.07) is 17.8. The lowest BCUT2D eigenvalue weighted by Gasteiger charge is -2.35. The third-order valence-electron chi connectivity index (χ3n) is 6.53. The summed E-state index contributed by atoms with van der Waals surface area (Å²) in [4.78, 5) is 33.9. The molecule has 1 saturated heterocycles. The zero-order chi connectivity index (χ0) is 24.4. The van der Waals surface area contributed by atoms with Crippen LogP contribution in [0.3, 0.4) is 0 Å². The van der Waals surface area contributed by atoms with E-state index in [1.807, 2.05) is 43.3 Å². The minimum absolute atomic E-state index is 0.0678. The van der Waals surface area contributed by atoms with Gasteiger partial charge in [-0.3, -0.25) is 9.59 Å². The number of carbonyl (C=O) groups excluding carboxylic acids is 2. The summed E-state index contributed by atoms with van der Waals surface area (Å²) in [5.74, 6) is 0.708. The number of piperazine rings is 1. The van der Waals surface area contributed by atoms with Crippen LogP contribution in [0.1, 0.15) is 27.2 Å². The second-order valence-electron chi connectivity index (χ2n) is 8.81. The second-order valence-corrected chi connectivity index (χ2v) is 8.81.